The molecule has 0 radical (unpaired) electrons. The Morgan fingerprint density at radius 3 is 2.78 bits per heavy atom. The van der Waals surface area contributed by atoms with Gasteiger partial charge in [-0.1, -0.05) is 30.8 Å². The molecule has 0 saturated carbocycles. The summed E-state index contributed by atoms with van der Waals surface area (Å²) in [4.78, 5) is 32.5. The maximum absolute atomic E-state index is 13.1. The second-order valence-electron chi connectivity index (χ2n) is 6.47. The third kappa shape index (κ3) is 3.66. The first-order valence-corrected chi connectivity index (χ1v) is 10.9. The van der Waals surface area contributed by atoms with Crippen LogP contribution < -0.4 is 10.9 Å². The summed E-state index contributed by atoms with van der Waals surface area (Å²) in [6.07, 6.45) is 2.73. The van der Waals surface area contributed by atoms with E-state index in [1.807, 2.05) is 44.4 Å². The van der Waals surface area contributed by atoms with Crippen LogP contribution in [0.25, 0.3) is 10.2 Å². The van der Waals surface area contributed by atoms with E-state index in [0.29, 0.717) is 10.5 Å². The van der Waals surface area contributed by atoms with Crippen LogP contribution >= 0.6 is 23.1 Å². The number of aryl methyl sites for hydroxylation is 2. The molecule has 1 atom stereocenters. The highest BCUT2D eigenvalue weighted by Crippen LogP contribution is 2.26. The summed E-state index contributed by atoms with van der Waals surface area (Å²) in [6.45, 7) is 7.77. The van der Waals surface area contributed by atoms with E-state index in [1.54, 1.807) is 6.92 Å². The number of rotatable bonds is 5. The van der Waals surface area contributed by atoms with Gasteiger partial charge in [0.05, 0.1) is 5.39 Å². The van der Waals surface area contributed by atoms with Crippen molar-refractivity contribution in [1.82, 2.24) is 9.55 Å². The summed E-state index contributed by atoms with van der Waals surface area (Å²) in [5.41, 5.74) is 2.73. The Hall–Kier alpha value is -2.12. The summed E-state index contributed by atoms with van der Waals surface area (Å²) in [5, 5.41) is 4.10. The number of nitrogens with zero attached hydrogens (tertiary/aromatic N) is 2. The fourth-order valence-electron chi connectivity index (χ4n) is 2.93. The van der Waals surface area contributed by atoms with Crippen LogP contribution in [0.4, 0.5) is 5.69 Å². The van der Waals surface area contributed by atoms with Gasteiger partial charge in [0.25, 0.3) is 5.56 Å². The summed E-state index contributed by atoms with van der Waals surface area (Å²) in [5.74, 6) is -0.229. The lowest BCUT2D eigenvalue weighted by Crippen LogP contribution is -2.33. The summed E-state index contributed by atoms with van der Waals surface area (Å²) < 4.78 is 1.50. The molecule has 7 heteroatoms. The third-order valence-electron chi connectivity index (χ3n) is 4.78. The van der Waals surface area contributed by atoms with Crippen LogP contribution in [0, 0.1) is 13.8 Å². The number of anilines is 1. The van der Waals surface area contributed by atoms with E-state index in [9.17, 15) is 9.59 Å². The van der Waals surface area contributed by atoms with Gasteiger partial charge >= 0.3 is 0 Å². The van der Waals surface area contributed by atoms with Gasteiger partial charge in [0.1, 0.15) is 10.9 Å². The summed E-state index contributed by atoms with van der Waals surface area (Å²) in [7, 11) is 0. The summed E-state index contributed by atoms with van der Waals surface area (Å²) in [6, 6.07) is 7.02. The highest BCUT2D eigenvalue weighted by molar-refractivity contribution is 7.98. The first-order valence-electron chi connectivity index (χ1n) is 8.83. The van der Waals surface area contributed by atoms with Gasteiger partial charge in [-0.2, -0.15) is 0 Å². The quantitative estimate of drug-likeness (QED) is 0.503. The standard InChI is InChI=1S/C20H23N3O2S2/c1-6-14-10-15-18(27-14)22-20(26-5)23(19(15)25)13(4)17(24)21-16-9-7-8-11(2)12(16)3/h7-10,13H,6H2,1-5H3,(H,21,24). The van der Waals surface area contributed by atoms with Gasteiger partial charge in [-0.25, -0.2) is 4.98 Å². The highest BCUT2D eigenvalue weighted by atomic mass is 32.2. The smallest absolute Gasteiger partial charge is 0.263 e. The van der Waals surface area contributed by atoms with E-state index < -0.39 is 6.04 Å². The summed E-state index contributed by atoms with van der Waals surface area (Å²) >= 11 is 2.92. The van der Waals surface area contributed by atoms with Crippen LogP contribution in [0.3, 0.4) is 0 Å². The van der Waals surface area contributed by atoms with Crippen molar-refractivity contribution >= 4 is 44.9 Å². The van der Waals surface area contributed by atoms with E-state index in [2.05, 4.69) is 17.2 Å². The average Bonchev–Trinajstić information content (AvgIpc) is 3.08. The molecular weight excluding hydrogens is 378 g/mol. The lowest BCUT2D eigenvalue weighted by molar-refractivity contribution is -0.119. The van der Waals surface area contributed by atoms with Crippen molar-refractivity contribution in [2.45, 2.75) is 45.3 Å². The molecule has 0 fully saturated rings. The predicted molar refractivity (Wildman–Crippen MR) is 114 cm³/mol. The molecular formula is C20H23N3O2S2. The van der Waals surface area contributed by atoms with E-state index in [-0.39, 0.29) is 11.5 Å². The molecule has 0 aliphatic rings. The second kappa shape index (κ2) is 7.86. The lowest BCUT2D eigenvalue weighted by atomic mass is 10.1. The van der Waals surface area contributed by atoms with Crippen molar-refractivity contribution in [3.63, 3.8) is 0 Å². The monoisotopic (exact) mass is 401 g/mol. The molecule has 0 bridgehead atoms. The molecule has 1 aromatic carbocycles. The third-order valence-corrected chi connectivity index (χ3v) is 6.60. The van der Waals surface area contributed by atoms with Crippen LogP contribution in [0.1, 0.15) is 35.9 Å². The number of fused-ring (bicyclic) bond motifs is 1. The van der Waals surface area contributed by atoms with Gasteiger partial charge in [-0.05, 0) is 56.7 Å². The number of hydrogen-bond acceptors (Lipinski definition) is 5. The average molecular weight is 402 g/mol. The SMILES string of the molecule is CCc1cc2c(=O)n(C(C)C(=O)Nc3cccc(C)c3C)c(SC)nc2s1. The van der Waals surface area contributed by atoms with Crippen molar-refractivity contribution in [3.8, 4) is 0 Å². The first kappa shape index (κ1) is 19.6. The van der Waals surface area contributed by atoms with Crippen LogP contribution in [0.5, 0.6) is 0 Å². The van der Waals surface area contributed by atoms with Crippen molar-refractivity contribution in [3.05, 3.63) is 50.6 Å². The molecule has 2 heterocycles. The Labute approximate surface area is 166 Å². The van der Waals surface area contributed by atoms with E-state index in [1.165, 1.54) is 27.7 Å². The lowest BCUT2D eigenvalue weighted by Gasteiger charge is -2.19. The largest absolute Gasteiger partial charge is 0.324 e. The zero-order valence-electron chi connectivity index (χ0n) is 16.1. The fraction of sp³-hybridized carbons (Fsp3) is 0.350. The fourth-order valence-corrected chi connectivity index (χ4v) is 4.56. The Balaban J connectivity index is 2.02. The minimum absolute atomic E-state index is 0.163. The number of thioether (sulfide) groups is 1. The molecule has 142 valence electrons. The number of thiophene rings is 1. The van der Waals surface area contributed by atoms with E-state index in [4.69, 9.17) is 0 Å². The molecule has 1 amide bonds. The van der Waals surface area contributed by atoms with Crippen molar-refractivity contribution < 1.29 is 4.79 Å². The molecule has 5 nitrogen and oxygen atoms in total. The molecule has 27 heavy (non-hydrogen) atoms. The van der Waals surface area contributed by atoms with Gasteiger partial charge in [-0.15, -0.1) is 11.3 Å². The minimum atomic E-state index is -0.665. The Kier molecular flexibility index (Phi) is 5.72. The van der Waals surface area contributed by atoms with Crippen molar-refractivity contribution in [2.75, 3.05) is 11.6 Å². The topological polar surface area (TPSA) is 64.0 Å². The molecule has 3 aromatic rings. The molecule has 3 rings (SSSR count). The number of nitrogens with one attached hydrogen (secondary N) is 1. The van der Waals surface area contributed by atoms with Gasteiger partial charge < -0.3 is 5.32 Å². The normalized spacial score (nSPS) is 12.3. The van der Waals surface area contributed by atoms with Gasteiger partial charge in [-0.3, -0.25) is 14.2 Å². The minimum Gasteiger partial charge on any atom is -0.324 e. The Morgan fingerprint density at radius 2 is 2.11 bits per heavy atom. The van der Waals surface area contributed by atoms with Crippen LogP contribution in [-0.2, 0) is 11.2 Å². The highest BCUT2D eigenvalue weighted by Gasteiger charge is 2.23. The Bertz CT molecular complexity index is 1070. The van der Waals surface area contributed by atoms with Crippen LogP contribution in [0.15, 0.2) is 34.2 Å². The molecule has 0 aliphatic heterocycles. The number of carbonyl (C=O) groups excluding carboxylic acids is 1. The molecule has 2 aromatic heterocycles. The number of amides is 1. The molecule has 1 unspecified atom stereocenters. The maximum atomic E-state index is 13.1. The number of carbonyl (C=O) groups is 1. The zero-order chi connectivity index (χ0) is 19.7. The van der Waals surface area contributed by atoms with E-state index >= 15 is 0 Å². The van der Waals surface area contributed by atoms with Gasteiger partial charge in [0, 0.05) is 10.6 Å². The molecule has 0 saturated heterocycles. The van der Waals surface area contributed by atoms with E-state index in [0.717, 1.165) is 32.9 Å². The number of aromatic nitrogens is 2. The first-order chi connectivity index (χ1) is 12.9. The molecule has 0 aliphatic carbocycles. The van der Waals surface area contributed by atoms with Crippen molar-refractivity contribution in [2.24, 2.45) is 0 Å². The van der Waals surface area contributed by atoms with Crippen LogP contribution in [0.2, 0.25) is 0 Å². The molecule has 0 spiro atoms. The van der Waals surface area contributed by atoms with Gasteiger partial charge in [0.15, 0.2) is 5.16 Å². The number of hydrogen-bond donors (Lipinski definition) is 1. The van der Waals surface area contributed by atoms with Crippen LogP contribution in [-0.4, -0.2) is 21.7 Å². The van der Waals surface area contributed by atoms with Crippen molar-refractivity contribution in [1.29, 1.82) is 0 Å². The Morgan fingerprint density at radius 1 is 1.37 bits per heavy atom. The van der Waals surface area contributed by atoms with Gasteiger partial charge in [0.2, 0.25) is 5.91 Å². The molecule has 1 N–H and O–H groups in total. The zero-order valence-corrected chi connectivity index (χ0v) is 17.8. The number of benzene rings is 1. The second-order valence-corrected chi connectivity index (χ2v) is 8.36. The maximum Gasteiger partial charge on any atom is 0.263 e. The predicted octanol–water partition coefficient (Wildman–Crippen LogP) is 4.56.